The normalized spacial score (nSPS) is 14.4. The third kappa shape index (κ3) is 2.10. The van der Waals surface area contributed by atoms with E-state index < -0.39 is 0 Å². The van der Waals surface area contributed by atoms with Gasteiger partial charge in [0.05, 0.1) is 23.3 Å². The van der Waals surface area contributed by atoms with Gasteiger partial charge < -0.3 is 11.1 Å². The molecule has 0 bridgehead atoms. The predicted molar refractivity (Wildman–Crippen MR) is 70.7 cm³/mol. The van der Waals surface area contributed by atoms with Gasteiger partial charge in [-0.05, 0) is 31.7 Å². The molecule has 0 spiro atoms. The number of nitrogens with one attached hydrogen (secondary N) is 1. The van der Waals surface area contributed by atoms with E-state index in [0.29, 0.717) is 5.69 Å². The van der Waals surface area contributed by atoms with Crippen molar-refractivity contribution in [1.29, 1.82) is 0 Å². The molecule has 0 amide bonds. The van der Waals surface area contributed by atoms with Gasteiger partial charge in [0, 0.05) is 11.1 Å². The van der Waals surface area contributed by atoms with Crippen molar-refractivity contribution < 1.29 is 0 Å². The standard InChI is InChI=1S/C12H14N4S/c13-8-7-14-6-5-9(8)15-12-16-10-3-1-2-4-11(10)17-12/h5-7H,1-4,13H2,(H,14,15,16). The van der Waals surface area contributed by atoms with Gasteiger partial charge in [-0.1, -0.05) is 0 Å². The van der Waals surface area contributed by atoms with Crippen molar-refractivity contribution in [1.82, 2.24) is 9.97 Å². The van der Waals surface area contributed by atoms with Gasteiger partial charge in [0.2, 0.25) is 0 Å². The van der Waals surface area contributed by atoms with E-state index in [2.05, 4.69) is 15.3 Å². The van der Waals surface area contributed by atoms with Crippen LogP contribution in [-0.4, -0.2) is 9.97 Å². The number of nitrogens with zero attached hydrogens (tertiary/aromatic N) is 2. The highest BCUT2D eigenvalue weighted by atomic mass is 32.1. The number of aryl methyl sites for hydroxylation is 2. The highest BCUT2D eigenvalue weighted by molar-refractivity contribution is 7.15. The summed E-state index contributed by atoms with van der Waals surface area (Å²) >= 11 is 1.74. The molecular formula is C12H14N4S. The Morgan fingerprint density at radius 3 is 3.00 bits per heavy atom. The largest absolute Gasteiger partial charge is 0.396 e. The average Bonchev–Trinajstić information content (AvgIpc) is 2.74. The van der Waals surface area contributed by atoms with Crippen molar-refractivity contribution in [2.45, 2.75) is 25.7 Å². The van der Waals surface area contributed by atoms with E-state index in [4.69, 9.17) is 5.73 Å². The minimum atomic E-state index is 0.653. The Hall–Kier alpha value is -1.62. The lowest BCUT2D eigenvalue weighted by Gasteiger charge is -2.06. The molecule has 88 valence electrons. The van der Waals surface area contributed by atoms with Crippen molar-refractivity contribution in [2.75, 3.05) is 11.1 Å². The Morgan fingerprint density at radius 1 is 1.29 bits per heavy atom. The molecule has 4 nitrogen and oxygen atoms in total. The Labute approximate surface area is 104 Å². The number of pyridine rings is 1. The molecule has 17 heavy (non-hydrogen) atoms. The third-order valence-electron chi connectivity index (χ3n) is 2.94. The number of rotatable bonds is 2. The molecule has 0 radical (unpaired) electrons. The van der Waals surface area contributed by atoms with E-state index in [0.717, 1.165) is 17.2 Å². The molecular weight excluding hydrogens is 232 g/mol. The van der Waals surface area contributed by atoms with E-state index in [-0.39, 0.29) is 0 Å². The van der Waals surface area contributed by atoms with Gasteiger partial charge in [-0.25, -0.2) is 4.98 Å². The molecule has 1 aliphatic carbocycles. The summed E-state index contributed by atoms with van der Waals surface area (Å²) in [6.07, 6.45) is 8.20. The Balaban J connectivity index is 1.86. The van der Waals surface area contributed by atoms with E-state index in [1.165, 1.54) is 29.8 Å². The minimum Gasteiger partial charge on any atom is -0.396 e. The van der Waals surface area contributed by atoms with Crippen LogP contribution in [0.25, 0.3) is 0 Å². The van der Waals surface area contributed by atoms with Crippen LogP contribution in [0.1, 0.15) is 23.4 Å². The number of hydrogen-bond acceptors (Lipinski definition) is 5. The second kappa shape index (κ2) is 4.33. The lowest BCUT2D eigenvalue weighted by atomic mass is 10.0. The summed E-state index contributed by atoms with van der Waals surface area (Å²) in [6.45, 7) is 0. The van der Waals surface area contributed by atoms with Gasteiger partial charge in [0.15, 0.2) is 5.13 Å². The topological polar surface area (TPSA) is 63.8 Å². The molecule has 0 atom stereocenters. The fraction of sp³-hybridized carbons (Fsp3) is 0.333. The predicted octanol–water partition coefficient (Wildman–Crippen LogP) is 2.74. The fourth-order valence-electron chi connectivity index (χ4n) is 2.04. The van der Waals surface area contributed by atoms with Crippen LogP contribution < -0.4 is 11.1 Å². The highest BCUT2D eigenvalue weighted by Crippen LogP contribution is 2.32. The molecule has 0 fully saturated rings. The number of thiazole rings is 1. The van der Waals surface area contributed by atoms with Crippen LogP contribution in [0.2, 0.25) is 0 Å². The Kier molecular flexibility index (Phi) is 2.68. The van der Waals surface area contributed by atoms with Crippen LogP contribution >= 0.6 is 11.3 Å². The number of nitrogens with two attached hydrogens (primary N) is 1. The molecule has 0 unspecified atom stereocenters. The van der Waals surface area contributed by atoms with E-state index in [1.54, 1.807) is 23.7 Å². The van der Waals surface area contributed by atoms with Crippen LogP contribution in [0.4, 0.5) is 16.5 Å². The van der Waals surface area contributed by atoms with Crippen LogP contribution in [0, 0.1) is 0 Å². The van der Waals surface area contributed by atoms with E-state index >= 15 is 0 Å². The third-order valence-corrected chi connectivity index (χ3v) is 4.01. The number of aromatic nitrogens is 2. The smallest absolute Gasteiger partial charge is 0.187 e. The van der Waals surface area contributed by atoms with Crippen molar-refractivity contribution in [3.63, 3.8) is 0 Å². The number of hydrogen-bond donors (Lipinski definition) is 2. The fourth-order valence-corrected chi connectivity index (χ4v) is 3.10. The molecule has 0 aliphatic heterocycles. The number of nitrogen functional groups attached to an aromatic ring is 1. The van der Waals surface area contributed by atoms with E-state index in [1.807, 2.05) is 6.07 Å². The first-order chi connectivity index (χ1) is 8.33. The summed E-state index contributed by atoms with van der Waals surface area (Å²) in [5.41, 5.74) is 8.64. The average molecular weight is 246 g/mol. The molecule has 1 aliphatic rings. The molecule has 0 aromatic carbocycles. The molecule has 0 saturated heterocycles. The summed E-state index contributed by atoms with van der Waals surface area (Å²) in [7, 11) is 0. The maximum Gasteiger partial charge on any atom is 0.187 e. The first kappa shape index (κ1) is 10.5. The SMILES string of the molecule is Nc1cnccc1Nc1nc2c(s1)CCCC2. The lowest BCUT2D eigenvalue weighted by molar-refractivity contribution is 0.683. The first-order valence-electron chi connectivity index (χ1n) is 5.78. The van der Waals surface area contributed by atoms with Crippen molar-refractivity contribution in [3.05, 3.63) is 29.0 Å². The molecule has 5 heteroatoms. The zero-order valence-electron chi connectivity index (χ0n) is 9.44. The molecule has 2 aromatic rings. The number of anilines is 3. The van der Waals surface area contributed by atoms with Crippen molar-refractivity contribution >= 4 is 27.8 Å². The van der Waals surface area contributed by atoms with Crippen molar-refractivity contribution in [3.8, 4) is 0 Å². The maximum atomic E-state index is 5.84. The monoisotopic (exact) mass is 246 g/mol. The molecule has 2 aromatic heterocycles. The molecule has 3 N–H and O–H groups in total. The number of fused-ring (bicyclic) bond motifs is 1. The summed E-state index contributed by atoms with van der Waals surface area (Å²) in [4.78, 5) is 10.0. The summed E-state index contributed by atoms with van der Waals surface area (Å²) in [6, 6.07) is 1.87. The summed E-state index contributed by atoms with van der Waals surface area (Å²) in [5, 5.41) is 4.21. The Morgan fingerprint density at radius 2 is 2.18 bits per heavy atom. The minimum absolute atomic E-state index is 0.653. The van der Waals surface area contributed by atoms with E-state index in [9.17, 15) is 0 Å². The second-order valence-electron chi connectivity index (χ2n) is 4.18. The second-order valence-corrected chi connectivity index (χ2v) is 5.27. The molecule has 0 saturated carbocycles. The molecule has 3 rings (SSSR count). The zero-order chi connectivity index (χ0) is 11.7. The zero-order valence-corrected chi connectivity index (χ0v) is 10.3. The van der Waals surface area contributed by atoms with Gasteiger partial charge in [-0.2, -0.15) is 0 Å². The lowest BCUT2D eigenvalue weighted by Crippen LogP contribution is -1.99. The van der Waals surface area contributed by atoms with Crippen LogP contribution in [0.5, 0.6) is 0 Å². The van der Waals surface area contributed by atoms with Gasteiger partial charge in [0.1, 0.15) is 0 Å². The Bertz CT molecular complexity index is 512. The summed E-state index contributed by atoms with van der Waals surface area (Å²) in [5.74, 6) is 0. The summed E-state index contributed by atoms with van der Waals surface area (Å²) < 4.78 is 0. The van der Waals surface area contributed by atoms with Gasteiger partial charge in [0.25, 0.3) is 0 Å². The molecule has 2 heterocycles. The van der Waals surface area contributed by atoms with Gasteiger partial charge in [-0.15, -0.1) is 11.3 Å². The van der Waals surface area contributed by atoms with Gasteiger partial charge >= 0.3 is 0 Å². The quantitative estimate of drug-likeness (QED) is 0.855. The van der Waals surface area contributed by atoms with Gasteiger partial charge in [-0.3, -0.25) is 4.98 Å². The van der Waals surface area contributed by atoms with Crippen molar-refractivity contribution in [2.24, 2.45) is 0 Å². The first-order valence-corrected chi connectivity index (χ1v) is 6.59. The van der Waals surface area contributed by atoms with Crippen LogP contribution in [0.3, 0.4) is 0 Å². The van der Waals surface area contributed by atoms with Crippen LogP contribution in [-0.2, 0) is 12.8 Å². The van der Waals surface area contributed by atoms with Crippen LogP contribution in [0.15, 0.2) is 18.5 Å². The maximum absolute atomic E-state index is 5.84. The highest BCUT2D eigenvalue weighted by Gasteiger charge is 2.15.